The maximum absolute atomic E-state index is 12.4. The van der Waals surface area contributed by atoms with Crippen LogP contribution >= 0.6 is 15.6 Å². The van der Waals surface area contributed by atoms with Gasteiger partial charge in [0.15, 0.2) is 35.9 Å². The Labute approximate surface area is 245 Å². The molecule has 2 fully saturated rings. The van der Waals surface area contributed by atoms with E-state index < -0.39 is 89.4 Å². The number of phosphoric ester groups is 2. The third kappa shape index (κ3) is 6.65. The second kappa shape index (κ2) is 12.4. The predicted molar refractivity (Wildman–Crippen MR) is 138 cm³/mol. The molecule has 2 saturated heterocycles. The smallest absolute Gasteiger partial charge is 0.387 e. The summed E-state index contributed by atoms with van der Waals surface area (Å²) >= 11 is 0. The van der Waals surface area contributed by atoms with Crippen molar-refractivity contribution < 1.29 is 71.5 Å². The van der Waals surface area contributed by atoms with Crippen LogP contribution < -0.4 is 15.9 Å². The number of aromatic nitrogens is 5. The van der Waals surface area contributed by atoms with Gasteiger partial charge >= 0.3 is 15.6 Å². The van der Waals surface area contributed by atoms with Gasteiger partial charge in [-0.25, -0.2) is 19.1 Å². The largest absolute Gasteiger partial charge is 0.481 e. The van der Waals surface area contributed by atoms with E-state index in [1.807, 2.05) is 0 Å². The Kier molecular flexibility index (Phi) is 9.13. The van der Waals surface area contributed by atoms with Crippen LogP contribution in [0, 0.1) is 0 Å². The summed E-state index contributed by atoms with van der Waals surface area (Å²) in [6.45, 7) is -1.84. The summed E-state index contributed by atoms with van der Waals surface area (Å²) in [4.78, 5) is 53.5. The quantitative estimate of drug-likeness (QED) is 0.0734. The number of aliphatic hydroxyl groups excluding tert-OH is 4. The van der Waals surface area contributed by atoms with Crippen molar-refractivity contribution in [1.82, 2.24) is 19.5 Å². The van der Waals surface area contributed by atoms with Crippen LogP contribution in [-0.2, 0) is 32.0 Å². The fourth-order valence-corrected chi connectivity index (χ4v) is 6.66. The monoisotopic (exact) mass is 665 g/mol. The number of carbonyl (C=O) groups is 1. The molecule has 5 heterocycles. The number of ether oxygens (including phenoxy) is 2. The molecule has 23 heteroatoms. The molecule has 0 radical (unpaired) electrons. The van der Waals surface area contributed by atoms with Crippen LogP contribution in [0.15, 0.2) is 42.0 Å². The van der Waals surface area contributed by atoms with Gasteiger partial charge in [0.2, 0.25) is 0 Å². The first-order valence-corrected chi connectivity index (χ1v) is 15.6. The summed E-state index contributed by atoms with van der Waals surface area (Å²) < 4.78 is 51.8. The Morgan fingerprint density at radius 3 is 2.32 bits per heavy atom. The van der Waals surface area contributed by atoms with Crippen LogP contribution in [0.4, 0.5) is 0 Å². The van der Waals surface area contributed by atoms with Gasteiger partial charge in [0.1, 0.15) is 36.1 Å². The van der Waals surface area contributed by atoms with Crippen LogP contribution in [-0.4, -0.2) is 105 Å². The molecule has 3 aromatic rings. The van der Waals surface area contributed by atoms with Gasteiger partial charge in [-0.3, -0.25) is 23.2 Å². The number of nitrogens with one attached hydrogen (secondary N) is 1. The third-order valence-electron chi connectivity index (χ3n) is 6.72. The van der Waals surface area contributed by atoms with Gasteiger partial charge in [-0.2, -0.15) is 8.88 Å². The fourth-order valence-electron chi connectivity index (χ4n) is 4.57. The molecule has 0 saturated carbocycles. The fraction of sp³-hybridized carbons (Fsp3) is 0.476. The van der Waals surface area contributed by atoms with E-state index >= 15 is 0 Å². The van der Waals surface area contributed by atoms with Gasteiger partial charge in [-0.15, -0.1) is 0 Å². The van der Waals surface area contributed by atoms with E-state index in [1.54, 1.807) is 0 Å². The number of aromatic amines is 1. The minimum absolute atomic E-state index is 0.00840. The maximum Gasteiger partial charge on any atom is 0.481 e. The number of hydrogen-bond donors (Lipinski definition) is 8. The average Bonchev–Trinajstić information content (AvgIpc) is 3.61. The Morgan fingerprint density at radius 1 is 1.02 bits per heavy atom. The predicted octanol–water partition coefficient (Wildman–Crippen LogP) is -3.30. The Hall–Kier alpha value is -3.01. The lowest BCUT2D eigenvalue weighted by Gasteiger charge is -2.20. The molecule has 0 aromatic carbocycles. The third-order valence-corrected chi connectivity index (χ3v) is 9.33. The molecule has 0 spiro atoms. The number of rotatable bonds is 11. The van der Waals surface area contributed by atoms with E-state index in [4.69, 9.17) is 15.2 Å². The van der Waals surface area contributed by atoms with Crippen molar-refractivity contribution in [2.24, 2.45) is 5.73 Å². The lowest BCUT2D eigenvalue weighted by Crippen LogP contribution is -2.46. The molecule has 3 aromatic heterocycles. The SMILES string of the molecule is NC(=O)c1ccc[n+]([C@@H]2O[C@H](COP(=O)(O)OP(=O)(O)OC[C@H]3O[C@@H](n4cnc5c(=O)[nH]cnc54)[C@H](O)[C@@H]3O)[C@@H](O)[C@H]2O)c1. The highest BCUT2D eigenvalue weighted by Crippen LogP contribution is 2.60. The van der Waals surface area contributed by atoms with Crippen LogP contribution in [0.5, 0.6) is 0 Å². The molecule has 21 nitrogen and oxygen atoms in total. The van der Waals surface area contributed by atoms with Gasteiger partial charge in [0.05, 0.1) is 25.9 Å². The van der Waals surface area contributed by atoms with E-state index in [-0.39, 0.29) is 16.7 Å². The average molecular weight is 665 g/mol. The van der Waals surface area contributed by atoms with E-state index in [1.165, 1.54) is 29.1 Å². The zero-order valence-corrected chi connectivity index (χ0v) is 23.9. The molecule has 2 unspecified atom stereocenters. The molecular formula is C21H27N6O15P2+. The summed E-state index contributed by atoms with van der Waals surface area (Å²) in [5, 5.41) is 41.5. The summed E-state index contributed by atoms with van der Waals surface area (Å²) in [6, 6.07) is 2.82. The number of carbonyl (C=O) groups excluding carboxylic acids is 1. The first kappa shape index (κ1) is 32.4. The first-order valence-electron chi connectivity index (χ1n) is 12.6. The van der Waals surface area contributed by atoms with E-state index in [0.29, 0.717) is 0 Å². The van der Waals surface area contributed by atoms with Crippen molar-refractivity contribution in [3.63, 3.8) is 0 Å². The van der Waals surface area contributed by atoms with Gasteiger partial charge in [-0.05, 0) is 6.07 Å². The molecule has 5 rings (SSSR count). The molecule has 0 aliphatic carbocycles. The van der Waals surface area contributed by atoms with Gasteiger partial charge < -0.3 is 50.4 Å². The van der Waals surface area contributed by atoms with Crippen molar-refractivity contribution in [3.8, 4) is 0 Å². The van der Waals surface area contributed by atoms with Crippen LogP contribution in [0.3, 0.4) is 0 Å². The second-order valence-electron chi connectivity index (χ2n) is 9.66. The maximum atomic E-state index is 12.4. The molecule has 1 amide bonds. The van der Waals surface area contributed by atoms with E-state index in [0.717, 1.165) is 17.2 Å². The Morgan fingerprint density at radius 2 is 1.66 bits per heavy atom. The summed E-state index contributed by atoms with van der Waals surface area (Å²) in [7, 11) is -10.8. The molecule has 2 aliphatic rings. The zero-order valence-electron chi connectivity index (χ0n) is 22.1. The lowest BCUT2D eigenvalue weighted by atomic mass is 10.1. The molecule has 10 atom stereocenters. The van der Waals surface area contributed by atoms with Gasteiger partial charge in [0, 0.05) is 6.07 Å². The number of primary amides is 1. The molecular weight excluding hydrogens is 638 g/mol. The number of fused-ring (bicyclic) bond motifs is 1. The van der Waals surface area contributed by atoms with Crippen molar-refractivity contribution >= 4 is 32.7 Å². The molecule has 44 heavy (non-hydrogen) atoms. The van der Waals surface area contributed by atoms with Gasteiger partial charge in [0.25, 0.3) is 17.7 Å². The minimum atomic E-state index is -5.39. The van der Waals surface area contributed by atoms with Crippen molar-refractivity contribution in [2.45, 2.75) is 49.1 Å². The second-order valence-corrected chi connectivity index (χ2v) is 12.7. The summed E-state index contributed by atoms with van der Waals surface area (Å²) in [5.41, 5.74) is 4.65. The number of H-pyrrole nitrogens is 1. The first-order chi connectivity index (χ1) is 20.7. The number of imidazole rings is 1. The molecule has 2 aliphatic heterocycles. The van der Waals surface area contributed by atoms with Crippen molar-refractivity contribution in [2.75, 3.05) is 13.2 Å². The van der Waals surface area contributed by atoms with Crippen molar-refractivity contribution in [3.05, 3.63) is 53.1 Å². The highest BCUT2D eigenvalue weighted by Gasteiger charge is 2.50. The number of phosphoric acid groups is 2. The number of nitrogens with zero attached hydrogens (tertiary/aromatic N) is 4. The highest BCUT2D eigenvalue weighted by atomic mass is 31.3. The van der Waals surface area contributed by atoms with Crippen LogP contribution in [0.1, 0.15) is 22.8 Å². The van der Waals surface area contributed by atoms with Crippen LogP contribution in [0.25, 0.3) is 11.2 Å². The molecule has 9 N–H and O–H groups in total. The highest BCUT2D eigenvalue weighted by molar-refractivity contribution is 7.61. The van der Waals surface area contributed by atoms with Gasteiger partial charge in [-0.1, -0.05) is 0 Å². The number of nitrogens with two attached hydrogens (primary N) is 1. The van der Waals surface area contributed by atoms with Crippen LogP contribution in [0.2, 0.25) is 0 Å². The normalized spacial score (nSPS) is 31.6. The minimum Gasteiger partial charge on any atom is -0.387 e. The van der Waals surface area contributed by atoms with Crippen molar-refractivity contribution in [1.29, 1.82) is 0 Å². The zero-order chi connectivity index (χ0) is 32.0. The topological polar surface area (TPSA) is 312 Å². The molecule has 0 bridgehead atoms. The number of pyridine rings is 1. The number of amides is 1. The van der Waals surface area contributed by atoms with E-state index in [2.05, 4.69) is 28.3 Å². The molecule has 240 valence electrons. The number of aliphatic hydroxyl groups is 4. The standard InChI is InChI=1S/C21H26N6O15P2/c22-17(32)9-2-1-3-26(4-9)20-15(30)13(28)10(40-20)5-38-43(34,35)42-44(36,37)39-6-11-14(29)16(31)21(41-11)27-8-25-12-18(27)23-7-24-19(12)33/h1-4,7-8,10-11,13-16,20-21,28-31H,5-6H2,(H4-,22,23,24,32,33,34,35,36,37)/p+1/t10-,11-,13-,14-,15-,16-,20-,21-/m1/s1. The summed E-state index contributed by atoms with van der Waals surface area (Å²) in [6.07, 6.45) is -7.25. The summed E-state index contributed by atoms with van der Waals surface area (Å²) in [5.74, 6) is -0.770. The van der Waals surface area contributed by atoms with E-state index in [9.17, 15) is 48.9 Å². The Balaban J connectivity index is 1.16. The Bertz CT molecular complexity index is 1690. The number of hydrogen-bond acceptors (Lipinski definition) is 15. The lowest BCUT2D eigenvalue weighted by molar-refractivity contribution is -0.765.